The van der Waals surface area contributed by atoms with E-state index in [1.165, 1.54) is 0 Å². The Morgan fingerprint density at radius 1 is 0.947 bits per heavy atom. The highest BCUT2D eigenvalue weighted by atomic mass is 16.7. The number of hydrogen-bond donors (Lipinski definition) is 0. The van der Waals surface area contributed by atoms with Gasteiger partial charge in [-0.1, -0.05) is 36.3 Å². The van der Waals surface area contributed by atoms with Crippen LogP contribution in [0.4, 0.5) is 0 Å². The van der Waals surface area contributed by atoms with Gasteiger partial charge in [0, 0.05) is 5.56 Å². The van der Waals surface area contributed by atoms with E-state index in [0.717, 1.165) is 11.8 Å². The van der Waals surface area contributed by atoms with Crippen molar-refractivity contribution in [2.75, 3.05) is 0 Å². The smallest absolute Gasteiger partial charge is 0.400 e. The highest BCUT2D eigenvalue weighted by Crippen LogP contribution is 2.36. The minimum atomic E-state index is -0.337. The summed E-state index contributed by atoms with van der Waals surface area (Å²) >= 11 is 0. The zero-order chi connectivity index (χ0) is 14.1. The Morgan fingerprint density at radius 3 is 1.89 bits per heavy atom. The van der Waals surface area contributed by atoms with Crippen LogP contribution in [0, 0.1) is 0 Å². The van der Waals surface area contributed by atoms with Crippen LogP contribution in [0.1, 0.15) is 43.6 Å². The molecule has 2 rings (SSSR count). The second kappa shape index (κ2) is 4.95. The van der Waals surface area contributed by atoms with Gasteiger partial charge in [-0.2, -0.15) is 0 Å². The number of carbonyl (C=O) groups is 1. The van der Waals surface area contributed by atoms with Crippen LogP contribution in [0.25, 0.3) is 6.08 Å². The molecule has 4 heteroatoms. The first kappa shape index (κ1) is 14.0. The average molecular weight is 258 g/mol. The lowest BCUT2D eigenvalue weighted by atomic mass is 9.89. The molecular formula is C15H19BO3. The maximum Gasteiger partial charge on any atom is 0.487 e. The lowest BCUT2D eigenvalue weighted by Crippen LogP contribution is -2.41. The Balaban J connectivity index is 2.06. The Labute approximate surface area is 114 Å². The molecular weight excluding hydrogens is 239 g/mol. The molecule has 3 nitrogen and oxygen atoms in total. The van der Waals surface area contributed by atoms with E-state index in [0.29, 0.717) is 5.56 Å². The summed E-state index contributed by atoms with van der Waals surface area (Å²) in [6, 6.07) is 7.37. The Kier molecular flexibility index (Phi) is 3.65. The molecule has 0 radical (unpaired) electrons. The Hall–Kier alpha value is -1.39. The first-order valence-electron chi connectivity index (χ1n) is 6.43. The molecule has 1 aromatic rings. The van der Waals surface area contributed by atoms with E-state index in [-0.39, 0.29) is 18.3 Å². The van der Waals surface area contributed by atoms with Crippen LogP contribution >= 0.6 is 0 Å². The molecule has 1 aliphatic rings. The molecule has 19 heavy (non-hydrogen) atoms. The highest BCUT2D eigenvalue weighted by molar-refractivity contribution is 6.52. The molecule has 0 spiro atoms. The fourth-order valence-electron chi connectivity index (χ4n) is 1.84. The van der Waals surface area contributed by atoms with Crippen molar-refractivity contribution in [1.29, 1.82) is 0 Å². The molecule has 1 aromatic carbocycles. The molecule has 0 aliphatic carbocycles. The zero-order valence-corrected chi connectivity index (χ0v) is 11.8. The third kappa shape index (κ3) is 2.96. The molecule has 1 aliphatic heterocycles. The predicted molar refractivity (Wildman–Crippen MR) is 76.9 cm³/mol. The van der Waals surface area contributed by atoms with Gasteiger partial charge in [0.25, 0.3) is 0 Å². The SMILES string of the molecule is CC1(C)OB(/C=C/c2ccc(C=O)cc2)OC1(C)C. The minimum Gasteiger partial charge on any atom is -0.400 e. The molecule has 0 bridgehead atoms. The molecule has 1 saturated heterocycles. The molecule has 0 unspecified atom stereocenters. The maximum atomic E-state index is 10.6. The summed E-state index contributed by atoms with van der Waals surface area (Å²) in [4.78, 5) is 10.6. The number of benzene rings is 1. The summed E-state index contributed by atoms with van der Waals surface area (Å²) in [5.41, 5.74) is 1.06. The van der Waals surface area contributed by atoms with E-state index in [1.54, 1.807) is 12.1 Å². The second-order valence-corrected chi connectivity index (χ2v) is 5.77. The Bertz CT molecular complexity index is 473. The largest absolute Gasteiger partial charge is 0.487 e. The second-order valence-electron chi connectivity index (χ2n) is 5.77. The van der Waals surface area contributed by atoms with Crippen molar-refractivity contribution in [3.8, 4) is 0 Å². The first-order chi connectivity index (χ1) is 8.84. The monoisotopic (exact) mass is 258 g/mol. The van der Waals surface area contributed by atoms with Gasteiger partial charge in [-0.25, -0.2) is 0 Å². The van der Waals surface area contributed by atoms with E-state index in [4.69, 9.17) is 9.31 Å². The van der Waals surface area contributed by atoms with Gasteiger partial charge in [-0.15, -0.1) is 0 Å². The van der Waals surface area contributed by atoms with Crippen molar-refractivity contribution >= 4 is 19.5 Å². The maximum absolute atomic E-state index is 10.6. The zero-order valence-electron chi connectivity index (χ0n) is 11.8. The first-order valence-corrected chi connectivity index (χ1v) is 6.43. The fraction of sp³-hybridized carbons (Fsp3) is 0.400. The van der Waals surface area contributed by atoms with Gasteiger partial charge in [0.1, 0.15) is 6.29 Å². The van der Waals surface area contributed by atoms with Crippen molar-refractivity contribution in [2.45, 2.75) is 38.9 Å². The van der Waals surface area contributed by atoms with Gasteiger partial charge >= 0.3 is 7.12 Å². The van der Waals surface area contributed by atoms with Crippen LogP contribution in [0.5, 0.6) is 0 Å². The highest BCUT2D eigenvalue weighted by Gasteiger charge is 2.49. The predicted octanol–water partition coefficient (Wildman–Crippen LogP) is 3.14. The van der Waals surface area contributed by atoms with E-state index in [1.807, 2.05) is 51.9 Å². The standard InChI is InChI=1S/C15H19BO3/c1-14(2)15(3,4)19-16(18-14)10-9-12-5-7-13(11-17)8-6-12/h5-11H,1-4H3/b10-9+. The topological polar surface area (TPSA) is 35.5 Å². The van der Waals surface area contributed by atoms with Crippen molar-refractivity contribution in [1.82, 2.24) is 0 Å². The summed E-state index contributed by atoms with van der Waals surface area (Å²) in [6.45, 7) is 8.11. The number of aldehydes is 1. The van der Waals surface area contributed by atoms with Gasteiger partial charge in [0.15, 0.2) is 0 Å². The van der Waals surface area contributed by atoms with Crippen LogP contribution in [0.15, 0.2) is 30.2 Å². The van der Waals surface area contributed by atoms with Gasteiger partial charge in [-0.05, 0) is 33.3 Å². The van der Waals surface area contributed by atoms with Gasteiger partial charge in [-0.3, -0.25) is 4.79 Å². The van der Waals surface area contributed by atoms with Crippen molar-refractivity contribution in [3.05, 3.63) is 41.4 Å². The lowest BCUT2D eigenvalue weighted by Gasteiger charge is -2.32. The molecule has 100 valence electrons. The van der Waals surface area contributed by atoms with Crippen LogP contribution in [0.3, 0.4) is 0 Å². The quantitative estimate of drug-likeness (QED) is 0.617. The van der Waals surface area contributed by atoms with E-state index < -0.39 is 0 Å². The molecule has 1 fully saturated rings. The van der Waals surface area contributed by atoms with Gasteiger partial charge in [0.2, 0.25) is 0 Å². The molecule has 0 atom stereocenters. The molecule has 0 N–H and O–H groups in total. The van der Waals surface area contributed by atoms with Gasteiger partial charge in [0.05, 0.1) is 11.2 Å². The van der Waals surface area contributed by atoms with E-state index in [9.17, 15) is 4.79 Å². The fourth-order valence-corrected chi connectivity index (χ4v) is 1.84. The summed E-state index contributed by atoms with van der Waals surface area (Å²) in [5.74, 6) is 1.90. The van der Waals surface area contributed by atoms with Gasteiger partial charge < -0.3 is 9.31 Å². The van der Waals surface area contributed by atoms with Crippen molar-refractivity contribution < 1.29 is 14.1 Å². The van der Waals surface area contributed by atoms with Crippen LogP contribution < -0.4 is 0 Å². The van der Waals surface area contributed by atoms with Crippen LogP contribution in [-0.4, -0.2) is 24.6 Å². The summed E-state index contributed by atoms with van der Waals surface area (Å²) in [6.07, 6.45) is 2.78. The van der Waals surface area contributed by atoms with Crippen LogP contribution in [0.2, 0.25) is 0 Å². The minimum absolute atomic E-state index is 0.316. The number of carbonyl (C=O) groups excluding carboxylic acids is 1. The van der Waals surface area contributed by atoms with E-state index in [2.05, 4.69) is 0 Å². The summed E-state index contributed by atoms with van der Waals surface area (Å²) < 4.78 is 11.7. The third-order valence-electron chi connectivity index (χ3n) is 3.79. The molecule has 1 heterocycles. The van der Waals surface area contributed by atoms with Crippen molar-refractivity contribution in [2.24, 2.45) is 0 Å². The normalized spacial score (nSPS) is 20.9. The summed E-state index contributed by atoms with van der Waals surface area (Å²) in [5, 5.41) is 0. The summed E-state index contributed by atoms with van der Waals surface area (Å²) in [7, 11) is -0.337. The molecule has 0 aromatic heterocycles. The number of hydrogen-bond acceptors (Lipinski definition) is 3. The lowest BCUT2D eigenvalue weighted by molar-refractivity contribution is 0.00578. The van der Waals surface area contributed by atoms with Crippen molar-refractivity contribution in [3.63, 3.8) is 0 Å². The van der Waals surface area contributed by atoms with E-state index >= 15 is 0 Å². The number of rotatable bonds is 3. The van der Waals surface area contributed by atoms with Crippen LogP contribution in [-0.2, 0) is 9.31 Å². The average Bonchev–Trinajstić information content (AvgIpc) is 2.56. The third-order valence-corrected chi connectivity index (χ3v) is 3.79. The Morgan fingerprint density at radius 2 is 1.42 bits per heavy atom. The molecule has 0 saturated carbocycles. The molecule has 0 amide bonds.